The van der Waals surface area contributed by atoms with Gasteiger partial charge in [-0.15, -0.1) is 0 Å². The minimum atomic E-state index is -0.787. The molecule has 0 aromatic carbocycles. The van der Waals surface area contributed by atoms with Gasteiger partial charge in [-0.05, 0) is 77.0 Å². The Labute approximate surface area is 283 Å². The summed E-state index contributed by atoms with van der Waals surface area (Å²) in [5, 5.41) is 9.52. The lowest BCUT2D eigenvalue weighted by Gasteiger charge is -2.15. The Bertz CT molecular complexity index is 864. The molecule has 0 spiro atoms. The Morgan fingerprint density at radius 2 is 0.935 bits per heavy atom. The third-order valence-corrected chi connectivity index (χ3v) is 7.48. The van der Waals surface area contributed by atoms with E-state index in [-0.39, 0.29) is 25.2 Å². The Morgan fingerprint density at radius 3 is 1.43 bits per heavy atom. The Hall–Kier alpha value is -2.66. The molecule has 1 unspecified atom stereocenters. The molecule has 0 aromatic rings. The van der Waals surface area contributed by atoms with Crippen LogP contribution in [-0.4, -0.2) is 36.4 Å². The van der Waals surface area contributed by atoms with Gasteiger partial charge >= 0.3 is 11.9 Å². The number of carbonyl (C=O) groups is 2. The number of rotatable bonds is 32. The summed E-state index contributed by atoms with van der Waals surface area (Å²) in [4.78, 5) is 24.2. The molecule has 0 rings (SSSR count). The molecular weight excluding hydrogens is 572 g/mol. The lowest BCUT2D eigenvalue weighted by Crippen LogP contribution is -2.28. The summed E-state index contributed by atoms with van der Waals surface area (Å²) in [6.07, 6.45) is 48.1. The van der Waals surface area contributed by atoms with Crippen LogP contribution in [0.25, 0.3) is 0 Å². The van der Waals surface area contributed by atoms with Gasteiger partial charge in [-0.1, -0.05) is 138 Å². The van der Waals surface area contributed by atoms with Gasteiger partial charge < -0.3 is 14.6 Å². The van der Waals surface area contributed by atoms with E-state index >= 15 is 0 Å². The number of allylic oxidation sites excluding steroid dienone is 12. The summed E-state index contributed by atoms with van der Waals surface area (Å²) in [6.45, 7) is 3.94. The van der Waals surface area contributed by atoms with Crippen LogP contribution in [-0.2, 0) is 19.1 Å². The van der Waals surface area contributed by atoms with E-state index in [1.54, 1.807) is 0 Å². The lowest BCUT2D eigenvalue weighted by atomic mass is 10.1. The van der Waals surface area contributed by atoms with Gasteiger partial charge in [0.15, 0.2) is 6.10 Å². The standard InChI is InChI=1S/C41H68O5/c1-3-5-7-9-11-13-15-16-17-18-19-20-21-22-23-24-26-28-30-32-34-36-41(44)46-39(37-42)38-45-40(43)35-33-31-29-27-25-14-12-10-8-6-4-2/h5,7,10-13,16-17,19-20,22-23,39,42H,3-4,6,8-9,14-15,18,21,24-38H2,1-2H3/b7-5-,12-10-,13-11-,17-16-,20-19-,23-22-. The number of esters is 2. The number of carbonyl (C=O) groups excluding carboxylic acids is 2. The van der Waals surface area contributed by atoms with Crippen LogP contribution in [0.2, 0.25) is 0 Å². The van der Waals surface area contributed by atoms with E-state index in [0.717, 1.165) is 96.3 Å². The van der Waals surface area contributed by atoms with Crippen LogP contribution in [0, 0.1) is 0 Å². The van der Waals surface area contributed by atoms with Crippen molar-refractivity contribution < 1.29 is 24.2 Å². The summed E-state index contributed by atoms with van der Waals surface area (Å²) in [5.74, 6) is -0.632. The average Bonchev–Trinajstić information content (AvgIpc) is 3.06. The minimum absolute atomic E-state index is 0.0821. The first-order chi connectivity index (χ1) is 22.6. The van der Waals surface area contributed by atoms with Crippen LogP contribution < -0.4 is 0 Å². The number of ether oxygens (including phenoxy) is 2. The van der Waals surface area contributed by atoms with E-state index in [0.29, 0.717) is 12.8 Å². The van der Waals surface area contributed by atoms with E-state index in [4.69, 9.17) is 9.47 Å². The molecule has 5 nitrogen and oxygen atoms in total. The van der Waals surface area contributed by atoms with Crippen molar-refractivity contribution in [3.8, 4) is 0 Å². The fourth-order valence-electron chi connectivity index (χ4n) is 4.68. The van der Waals surface area contributed by atoms with E-state index < -0.39 is 6.10 Å². The van der Waals surface area contributed by atoms with Gasteiger partial charge in [0.25, 0.3) is 0 Å². The monoisotopic (exact) mass is 641 g/mol. The molecule has 5 heteroatoms. The quantitative estimate of drug-likeness (QED) is 0.0450. The van der Waals surface area contributed by atoms with Crippen LogP contribution >= 0.6 is 0 Å². The molecule has 0 saturated carbocycles. The molecule has 1 atom stereocenters. The van der Waals surface area contributed by atoms with Gasteiger partial charge in [-0.25, -0.2) is 0 Å². The maximum atomic E-state index is 12.1. The smallest absolute Gasteiger partial charge is 0.306 e. The fraction of sp³-hybridized carbons (Fsp3) is 0.659. The third kappa shape index (κ3) is 34.2. The molecule has 0 fully saturated rings. The average molecular weight is 641 g/mol. The number of aliphatic hydroxyl groups is 1. The predicted molar refractivity (Wildman–Crippen MR) is 196 cm³/mol. The zero-order valence-electron chi connectivity index (χ0n) is 29.6. The van der Waals surface area contributed by atoms with Crippen molar-refractivity contribution in [3.63, 3.8) is 0 Å². The molecule has 0 aliphatic carbocycles. The molecule has 1 N–H and O–H groups in total. The second-order valence-electron chi connectivity index (χ2n) is 11.9. The van der Waals surface area contributed by atoms with Gasteiger partial charge in [0.2, 0.25) is 0 Å². The summed E-state index contributed by atoms with van der Waals surface area (Å²) in [5.41, 5.74) is 0. The number of hydrogen-bond donors (Lipinski definition) is 1. The third-order valence-electron chi connectivity index (χ3n) is 7.48. The van der Waals surface area contributed by atoms with Gasteiger partial charge in [0.05, 0.1) is 6.61 Å². The predicted octanol–water partition coefficient (Wildman–Crippen LogP) is 11.4. The van der Waals surface area contributed by atoms with Crippen molar-refractivity contribution in [1.29, 1.82) is 0 Å². The molecule has 0 aromatic heterocycles. The molecule has 0 radical (unpaired) electrons. The second kappa shape index (κ2) is 36.8. The van der Waals surface area contributed by atoms with Crippen molar-refractivity contribution in [2.24, 2.45) is 0 Å². The van der Waals surface area contributed by atoms with E-state index in [1.807, 2.05) is 0 Å². The van der Waals surface area contributed by atoms with Crippen molar-refractivity contribution >= 4 is 11.9 Å². The van der Waals surface area contributed by atoms with Gasteiger partial charge in [-0.2, -0.15) is 0 Å². The van der Waals surface area contributed by atoms with Crippen molar-refractivity contribution in [2.45, 2.75) is 161 Å². The topological polar surface area (TPSA) is 72.8 Å². The first-order valence-corrected chi connectivity index (χ1v) is 18.5. The van der Waals surface area contributed by atoms with Crippen LogP contribution in [0.4, 0.5) is 0 Å². The first kappa shape index (κ1) is 43.3. The van der Waals surface area contributed by atoms with E-state index in [9.17, 15) is 14.7 Å². The maximum absolute atomic E-state index is 12.1. The fourth-order valence-corrected chi connectivity index (χ4v) is 4.68. The summed E-state index contributed by atoms with van der Waals surface area (Å²) < 4.78 is 10.5. The van der Waals surface area contributed by atoms with Crippen LogP contribution in [0.5, 0.6) is 0 Å². The van der Waals surface area contributed by atoms with Crippen LogP contribution in [0.3, 0.4) is 0 Å². The summed E-state index contributed by atoms with van der Waals surface area (Å²) >= 11 is 0. The second-order valence-corrected chi connectivity index (χ2v) is 11.9. The highest BCUT2D eigenvalue weighted by atomic mass is 16.6. The van der Waals surface area contributed by atoms with E-state index in [1.165, 1.54) is 32.1 Å². The number of hydrogen-bond acceptors (Lipinski definition) is 5. The molecule has 262 valence electrons. The van der Waals surface area contributed by atoms with Crippen molar-refractivity contribution in [2.75, 3.05) is 13.2 Å². The van der Waals surface area contributed by atoms with Crippen LogP contribution in [0.15, 0.2) is 72.9 Å². The highest BCUT2D eigenvalue weighted by Gasteiger charge is 2.16. The van der Waals surface area contributed by atoms with Gasteiger partial charge in [0.1, 0.15) is 6.61 Å². The Kier molecular flexibility index (Phi) is 34.7. The summed E-state index contributed by atoms with van der Waals surface area (Å²) in [7, 11) is 0. The molecular formula is C41H68O5. The van der Waals surface area contributed by atoms with Gasteiger partial charge in [0, 0.05) is 12.8 Å². The zero-order chi connectivity index (χ0) is 33.6. The normalized spacial score (nSPS) is 13.0. The Morgan fingerprint density at radius 1 is 0.522 bits per heavy atom. The Balaban J connectivity index is 3.66. The zero-order valence-corrected chi connectivity index (χ0v) is 29.6. The molecule has 46 heavy (non-hydrogen) atoms. The van der Waals surface area contributed by atoms with E-state index in [2.05, 4.69) is 86.8 Å². The molecule has 0 aliphatic heterocycles. The molecule has 0 amide bonds. The molecule has 0 saturated heterocycles. The maximum Gasteiger partial charge on any atom is 0.306 e. The molecule has 0 bridgehead atoms. The number of aliphatic hydroxyl groups excluding tert-OH is 1. The minimum Gasteiger partial charge on any atom is -0.462 e. The highest BCUT2D eigenvalue weighted by Crippen LogP contribution is 2.11. The lowest BCUT2D eigenvalue weighted by molar-refractivity contribution is -0.161. The molecule has 0 aliphatic rings. The summed E-state index contributed by atoms with van der Waals surface area (Å²) in [6, 6.07) is 0. The highest BCUT2D eigenvalue weighted by molar-refractivity contribution is 5.70. The van der Waals surface area contributed by atoms with Crippen molar-refractivity contribution in [3.05, 3.63) is 72.9 Å². The SMILES string of the molecule is CC/C=C\C/C=C\C/C=C\C/C=C\C/C=C\CCCCCCCC(=O)OC(CO)COC(=O)CCCCCCC/C=C\CCCC. The first-order valence-electron chi connectivity index (χ1n) is 18.5. The van der Waals surface area contributed by atoms with Gasteiger partial charge in [-0.3, -0.25) is 9.59 Å². The molecule has 0 heterocycles. The van der Waals surface area contributed by atoms with Crippen LogP contribution in [0.1, 0.15) is 155 Å². The van der Waals surface area contributed by atoms with Crippen molar-refractivity contribution in [1.82, 2.24) is 0 Å². The largest absolute Gasteiger partial charge is 0.462 e. The number of unbranched alkanes of at least 4 members (excludes halogenated alkanes) is 12.